The molecule has 2 rings (SSSR count). The average Bonchev–Trinajstić information content (AvgIpc) is 2.78. The van der Waals surface area contributed by atoms with Crippen LogP contribution in [-0.2, 0) is 17.8 Å². The molecule has 1 saturated heterocycles. The van der Waals surface area contributed by atoms with Crippen molar-refractivity contribution in [2.24, 2.45) is 5.73 Å². The van der Waals surface area contributed by atoms with E-state index in [4.69, 9.17) is 10.5 Å². The summed E-state index contributed by atoms with van der Waals surface area (Å²) in [5.74, 6) is 0. The van der Waals surface area contributed by atoms with Crippen LogP contribution >= 0.6 is 11.3 Å². The molecule has 90 valence electrons. The highest BCUT2D eigenvalue weighted by Gasteiger charge is 2.13. The Balaban J connectivity index is 1.66. The molecule has 1 fully saturated rings. The van der Waals surface area contributed by atoms with Gasteiger partial charge in [0.25, 0.3) is 0 Å². The number of nitrogens with two attached hydrogens (primary N) is 1. The van der Waals surface area contributed by atoms with Crippen molar-refractivity contribution in [1.29, 1.82) is 0 Å². The summed E-state index contributed by atoms with van der Waals surface area (Å²) in [6, 6.07) is 0. The summed E-state index contributed by atoms with van der Waals surface area (Å²) in [5, 5.41) is 6.46. The molecule has 2 heterocycles. The summed E-state index contributed by atoms with van der Waals surface area (Å²) in [6.07, 6.45) is 4.07. The van der Waals surface area contributed by atoms with Crippen molar-refractivity contribution in [3.63, 3.8) is 0 Å². The molecule has 1 atom stereocenters. The predicted molar refractivity (Wildman–Crippen MR) is 65.3 cm³/mol. The van der Waals surface area contributed by atoms with Crippen LogP contribution in [-0.4, -0.2) is 24.2 Å². The molecule has 0 radical (unpaired) electrons. The molecule has 0 aliphatic carbocycles. The Hall–Kier alpha value is -0.490. The first-order valence-corrected chi connectivity index (χ1v) is 6.72. The Kier molecular flexibility index (Phi) is 4.71. The third kappa shape index (κ3) is 3.52. The number of thiazole rings is 1. The third-order valence-electron chi connectivity index (χ3n) is 2.73. The number of ether oxygens (including phenoxy) is 1. The summed E-state index contributed by atoms with van der Waals surface area (Å²) in [6.45, 7) is 3.20. The van der Waals surface area contributed by atoms with E-state index in [0.717, 1.165) is 30.4 Å². The molecule has 5 heteroatoms. The lowest BCUT2D eigenvalue weighted by atomic mass is 10.1. The van der Waals surface area contributed by atoms with Crippen molar-refractivity contribution in [2.75, 3.05) is 13.2 Å². The van der Waals surface area contributed by atoms with E-state index in [9.17, 15) is 0 Å². The summed E-state index contributed by atoms with van der Waals surface area (Å²) in [4.78, 5) is 4.40. The Morgan fingerprint density at radius 2 is 2.50 bits per heavy atom. The van der Waals surface area contributed by atoms with Gasteiger partial charge in [-0.25, -0.2) is 4.98 Å². The maximum absolute atomic E-state index is 5.64. The zero-order valence-electron chi connectivity index (χ0n) is 9.45. The highest BCUT2D eigenvalue weighted by molar-refractivity contribution is 7.09. The molecule has 1 unspecified atom stereocenters. The Bertz CT molecular complexity index is 310. The number of hydrogen-bond donors (Lipinski definition) is 2. The molecule has 0 aromatic carbocycles. The van der Waals surface area contributed by atoms with Gasteiger partial charge in [0.2, 0.25) is 0 Å². The van der Waals surface area contributed by atoms with E-state index >= 15 is 0 Å². The predicted octanol–water partition coefficient (Wildman–Crippen LogP) is 1.26. The van der Waals surface area contributed by atoms with Crippen LogP contribution < -0.4 is 11.1 Å². The molecule has 16 heavy (non-hydrogen) atoms. The minimum Gasteiger partial charge on any atom is -0.377 e. The lowest BCUT2D eigenvalue weighted by Crippen LogP contribution is -2.31. The smallest absolute Gasteiger partial charge is 0.106 e. The summed E-state index contributed by atoms with van der Waals surface area (Å²) < 4.78 is 5.64. The van der Waals surface area contributed by atoms with Gasteiger partial charge in [0.05, 0.1) is 11.8 Å². The number of aromatic nitrogens is 1. The van der Waals surface area contributed by atoms with E-state index in [0.29, 0.717) is 12.6 Å². The minimum absolute atomic E-state index is 0.390. The summed E-state index contributed by atoms with van der Waals surface area (Å²) in [5.41, 5.74) is 6.60. The molecule has 0 spiro atoms. The number of hydrogen-bond acceptors (Lipinski definition) is 5. The van der Waals surface area contributed by atoms with Gasteiger partial charge in [-0.3, -0.25) is 0 Å². The van der Waals surface area contributed by atoms with E-state index in [1.165, 1.54) is 19.3 Å². The van der Waals surface area contributed by atoms with Crippen LogP contribution in [0.2, 0.25) is 0 Å². The molecule has 1 aromatic rings. The van der Waals surface area contributed by atoms with Gasteiger partial charge < -0.3 is 15.8 Å². The molecule has 1 aromatic heterocycles. The first-order chi connectivity index (χ1) is 7.88. The number of nitrogens with one attached hydrogen (secondary N) is 1. The van der Waals surface area contributed by atoms with E-state index in [1.54, 1.807) is 11.3 Å². The van der Waals surface area contributed by atoms with Gasteiger partial charge in [0.15, 0.2) is 0 Å². The second kappa shape index (κ2) is 6.30. The molecule has 0 amide bonds. The van der Waals surface area contributed by atoms with E-state index in [-0.39, 0.29) is 0 Å². The van der Waals surface area contributed by atoms with Gasteiger partial charge in [-0.1, -0.05) is 0 Å². The molecule has 1 aliphatic heterocycles. The maximum atomic E-state index is 5.64. The molecule has 4 nitrogen and oxygen atoms in total. The van der Waals surface area contributed by atoms with Crippen LogP contribution in [0.25, 0.3) is 0 Å². The molecule has 3 N–H and O–H groups in total. The number of nitrogens with zero attached hydrogens (tertiary/aromatic N) is 1. The van der Waals surface area contributed by atoms with Gasteiger partial charge in [-0.15, -0.1) is 11.3 Å². The van der Waals surface area contributed by atoms with Crippen molar-refractivity contribution < 1.29 is 4.74 Å². The minimum atomic E-state index is 0.390. The topological polar surface area (TPSA) is 60.2 Å². The lowest BCUT2D eigenvalue weighted by Gasteiger charge is -2.22. The van der Waals surface area contributed by atoms with E-state index in [2.05, 4.69) is 15.7 Å². The lowest BCUT2D eigenvalue weighted by molar-refractivity contribution is 0.0167. The van der Waals surface area contributed by atoms with Crippen molar-refractivity contribution in [1.82, 2.24) is 10.3 Å². The molecule has 0 saturated carbocycles. The third-order valence-corrected chi connectivity index (χ3v) is 3.65. The first-order valence-electron chi connectivity index (χ1n) is 5.84. The molecule has 1 aliphatic rings. The quantitative estimate of drug-likeness (QED) is 0.815. The molecular formula is C11H19N3OS. The van der Waals surface area contributed by atoms with E-state index in [1.807, 2.05) is 0 Å². The van der Waals surface area contributed by atoms with Crippen molar-refractivity contribution in [3.8, 4) is 0 Å². The fraction of sp³-hybridized carbons (Fsp3) is 0.727. The van der Waals surface area contributed by atoms with Gasteiger partial charge in [0.1, 0.15) is 5.01 Å². The van der Waals surface area contributed by atoms with Gasteiger partial charge in [-0.2, -0.15) is 0 Å². The fourth-order valence-electron chi connectivity index (χ4n) is 1.85. The maximum Gasteiger partial charge on any atom is 0.106 e. The molecular weight excluding hydrogens is 222 g/mol. The summed E-state index contributed by atoms with van der Waals surface area (Å²) >= 11 is 1.63. The molecule has 0 bridgehead atoms. The Morgan fingerprint density at radius 1 is 1.56 bits per heavy atom. The van der Waals surface area contributed by atoms with Crippen molar-refractivity contribution >= 4 is 11.3 Å². The average molecular weight is 241 g/mol. The van der Waals surface area contributed by atoms with Crippen LogP contribution in [0.4, 0.5) is 0 Å². The highest BCUT2D eigenvalue weighted by atomic mass is 32.1. The fourth-order valence-corrected chi connectivity index (χ4v) is 2.53. The summed E-state index contributed by atoms with van der Waals surface area (Å²) in [7, 11) is 0. The van der Waals surface area contributed by atoms with Crippen LogP contribution in [0.15, 0.2) is 5.38 Å². The van der Waals surface area contributed by atoms with Crippen LogP contribution in [0.3, 0.4) is 0 Å². The second-order valence-corrected chi connectivity index (χ2v) is 5.00. The first kappa shape index (κ1) is 12.0. The number of rotatable bonds is 5. The zero-order chi connectivity index (χ0) is 11.2. The normalized spacial score (nSPS) is 21.2. The van der Waals surface area contributed by atoms with E-state index < -0.39 is 0 Å². The Labute approximate surface area is 100 Å². The van der Waals surface area contributed by atoms with Crippen molar-refractivity contribution in [3.05, 3.63) is 16.1 Å². The van der Waals surface area contributed by atoms with Crippen LogP contribution in [0.1, 0.15) is 30.0 Å². The zero-order valence-corrected chi connectivity index (χ0v) is 10.3. The SMILES string of the molecule is NCc1nc(CNCC2CCCCO2)cs1. The van der Waals surface area contributed by atoms with Gasteiger partial charge in [0, 0.05) is 31.6 Å². The Morgan fingerprint density at radius 3 is 3.19 bits per heavy atom. The second-order valence-electron chi connectivity index (χ2n) is 4.06. The highest BCUT2D eigenvalue weighted by Crippen LogP contribution is 2.12. The standard InChI is InChI=1S/C11H19N3OS/c12-5-11-14-9(8-16-11)6-13-7-10-3-1-2-4-15-10/h8,10,13H,1-7,12H2. The van der Waals surface area contributed by atoms with Gasteiger partial charge >= 0.3 is 0 Å². The van der Waals surface area contributed by atoms with Gasteiger partial charge in [-0.05, 0) is 19.3 Å². The monoisotopic (exact) mass is 241 g/mol. The van der Waals surface area contributed by atoms with Crippen LogP contribution in [0, 0.1) is 0 Å². The van der Waals surface area contributed by atoms with Crippen LogP contribution in [0.5, 0.6) is 0 Å². The largest absolute Gasteiger partial charge is 0.377 e. The van der Waals surface area contributed by atoms with Crippen molar-refractivity contribution in [2.45, 2.75) is 38.5 Å².